The number of rotatable bonds is 6. The van der Waals surface area contributed by atoms with Crippen LogP contribution < -0.4 is 5.32 Å². The minimum atomic E-state index is 0.808. The van der Waals surface area contributed by atoms with Crippen molar-refractivity contribution in [3.63, 3.8) is 0 Å². The van der Waals surface area contributed by atoms with Crippen molar-refractivity contribution in [3.05, 3.63) is 0 Å². The third-order valence-electron chi connectivity index (χ3n) is 2.49. The lowest BCUT2D eigenvalue weighted by atomic mass is 10.1. The fraction of sp³-hybridized carbons (Fsp3) is 1.00. The van der Waals surface area contributed by atoms with Gasteiger partial charge in [0.2, 0.25) is 0 Å². The molecule has 0 spiro atoms. The topological polar surface area (TPSA) is 12.0 Å². The average Bonchev–Trinajstić information content (AvgIpc) is 2.81. The van der Waals surface area contributed by atoms with E-state index in [0.29, 0.717) is 0 Å². The van der Waals surface area contributed by atoms with Crippen LogP contribution in [0.5, 0.6) is 0 Å². The summed E-state index contributed by atoms with van der Waals surface area (Å²) in [5.41, 5.74) is 0. The second-order valence-electron chi connectivity index (χ2n) is 3.74. The molecule has 1 nitrogen and oxygen atoms in total. The second-order valence-corrected chi connectivity index (χ2v) is 3.74. The van der Waals surface area contributed by atoms with Gasteiger partial charge in [0.15, 0.2) is 0 Å². The smallest absolute Gasteiger partial charge is 0.00670 e. The van der Waals surface area contributed by atoms with Gasteiger partial charge < -0.3 is 5.32 Å². The van der Waals surface area contributed by atoms with E-state index in [1.54, 1.807) is 0 Å². The van der Waals surface area contributed by atoms with Gasteiger partial charge in [-0.1, -0.05) is 26.7 Å². The Bertz CT molecular complexity index is 97.0. The Morgan fingerprint density at radius 2 is 2.09 bits per heavy atom. The lowest BCUT2D eigenvalue weighted by Gasteiger charge is -2.15. The van der Waals surface area contributed by atoms with Gasteiger partial charge in [0.25, 0.3) is 0 Å². The van der Waals surface area contributed by atoms with Crippen molar-refractivity contribution in [2.24, 2.45) is 5.92 Å². The Balaban J connectivity index is 2.02. The highest BCUT2D eigenvalue weighted by Crippen LogP contribution is 2.33. The molecule has 0 radical (unpaired) electrons. The van der Waals surface area contributed by atoms with E-state index in [9.17, 15) is 0 Å². The summed E-state index contributed by atoms with van der Waals surface area (Å²) in [7, 11) is 0. The third-order valence-corrected chi connectivity index (χ3v) is 2.49. The van der Waals surface area contributed by atoms with Gasteiger partial charge in [-0.05, 0) is 31.7 Å². The maximum Gasteiger partial charge on any atom is 0.00670 e. The molecule has 0 aliphatic heterocycles. The highest BCUT2D eigenvalue weighted by atomic mass is 14.9. The van der Waals surface area contributed by atoms with E-state index in [4.69, 9.17) is 0 Å². The van der Waals surface area contributed by atoms with Crippen molar-refractivity contribution in [2.45, 2.75) is 52.0 Å². The Labute approximate surface area is 70.6 Å². The van der Waals surface area contributed by atoms with Crippen molar-refractivity contribution in [2.75, 3.05) is 6.54 Å². The Morgan fingerprint density at radius 3 is 2.55 bits per heavy atom. The average molecular weight is 155 g/mol. The summed E-state index contributed by atoms with van der Waals surface area (Å²) in [6.07, 6.45) is 6.97. The molecular formula is C10H21N. The molecule has 0 aromatic heterocycles. The van der Waals surface area contributed by atoms with Crippen molar-refractivity contribution in [1.82, 2.24) is 5.32 Å². The van der Waals surface area contributed by atoms with E-state index >= 15 is 0 Å². The van der Waals surface area contributed by atoms with Gasteiger partial charge in [0.05, 0.1) is 0 Å². The quantitative estimate of drug-likeness (QED) is 0.621. The fourth-order valence-electron chi connectivity index (χ4n) is 1.50. The van der Waals surface area contributed by atoms with Gasteiger partial charge in [-0.15, -0.1) is 0 Å². The molecule has 0 saturated heterocycles. The first kappa shape index (κ1) is 9.05. The van der Waals surface area contributed by atoms with Crippen LogP contribution in [0.2, 0.25) is 0 Å². The van der Waals surface area contributed by atoms with E-state index in [0.717, 1.165) is 12.0 Å². The highest BCUT2D eigenvalue weighted by Gasteiger charge is 2.24. The van der Waals surface area contributed by atoms with Crippen molar-refractivity contribution >= 4 is 0 Å². The minimum Gasteiger partial charge on any atom is -0.314 e. The molecule has 66 valence electrons. The molecule has 0 heterocycles. The van der Waals surface area contributed by atoms with Crippen LogP contribution in [0.4, 0.5) is 0 Å². The zero-order valence-corrected chi connectivity index (χ0v) is 7.90. The summed E-state index contributed by atoms with van der Waals surface area (Å²) in [6, 6.07) is 0.808. The van der Waals surface area contributed by atoms with Gasteiger partial charge in [0, 0.05) is 6.04 Å². The molecule has 1 saturated carbocycles. The molecule has 1 heteroatoms. The number of hydrogen-bond donors (Lipinski definition) is 1. The summed E-state index contributed by atoms with van der Waals surface area (Å²) in [5, 5.41) is 3.59. The monoisotopic (exact) mass is 155 g/mol. The van der Waals surface area contributed by atoms with Gasteiger partial charge in [-0.2, -0.15) is 0 Å². The zero-order valence-electron chi connectivity index (χ0n) is 7.90. The molecule has 1 atom stereocenters. The summed E-state index contributed by atoms with van der Waals surface area (Å²) < 4.78 is 0. The highest BCUT2D eigenvalue weighted by molar-refractivity contribution is 4.79. The summed E-state index contributed by atoms with van der Waals surface area (Å²) in [5.74, 6) is 1.07. The summed E-state index contributed by atoms with van der Waals surface area (Å²) in [4.78, 5) is 0. The zero-order chi connectivity index (χ0) is 8.10. The van der Waals surface area contributed by atoms with E-state index in [1.807, 2.05) is 0 Å². The van der Waals surface area contributed by atoms with Gasteiger partial charge in [0.1, 0.15) is 0 Å². The molecule has 1 unspecified atom stereocenters. The van der Waals surface area contributed by atoms with Gasteiger partial charge in [-0.3, -0.25) is 0 Å². The Kier molecular flexibility index (Phi) is 3.92. The minimum absolute atomic E-state index is 0.808. The van der Waals surface area contributed by atoms with Crippen LogP contribution in [0.15, 0.2) is 0 Å². The molecule has 1 aliphatic rings. The first-order valence-corrected chi connectivity index (χ1v) is 5.10. The predicted molar refractivity (Wildman–Crippen MR) is 49.7 cm³/mol. The fourth-order valence-corrected chi connectivity index (χ4v) is 1.50. The van der Waals surface area contributed by atoms with Crippen LogP contribution >= 0.6 is 0 Å². The summed E-state index contributed by atoms with van der Waals surface area (Å²) >= 11 is 0. The molecule has 0 aromatic rings. The predicted octanol–water partition coefficient (Wildman–Crippen LogP) is 2.56. The molecule has 1 fully saturated rings. The number of hydrogen-bond acceptors (Lipinski definition) is 1. The molecular weight excluding hydrogens is 134 g/mol. The molecule has 0 bridgehead atoms. The van der Waals surface area contributed by atoms with Crippen LogP contribution in [-0.4, -0.2) is 12.6 Å². The molecule has 1 rings (SSSR count). The first-order chi connectivity index (χ1) is 5.36. The van der Waals surface area contributed by atoms with E-state index in [-0.39, 0.29) is 0 Å². The number of nitrogens with one attached hydrogen (secondary N) is 1. The van der Waals surface area contributed by atoms with Crippen LogP contribution in [0, 0.1) is 5.92 Å². The van der Waals surface area contributed by atoms with Crippen LogP contribution in [0.3, 0.4) is 0 Å². The Morgan fingerprint density at radius 1 is 1.36 bits per heavy atom. The third kappa shape index (κ3) is 3.76. The molecule has 0 aromatic carbocycles. The van der Waals surface area contributed by atoms with E-state index in [1.165, 1.54) is 38.6 Å². The van der Waals surface area contributed by atoms with Crippen molar-refractivity contribution in [3.8, 4) is 0 Å². The maximum atomic E-state index is 3.59. The van der Waals surface area contributed by atoms with Crippen LogP contribution in [-0.2, 0) is 0 Å². The van der Waals surface area contributed by atoms with Crippen molar-refractivity contribution in [1.29, 1.82) is 0 Å². The maximum absolute atomic E-state index is 3.59. The standard InChI is InChI=1S/C10H21N/c1-3-7-11-10(4-2)8-9-5-6-9/h9-11H,3-8H2,1-2H3. The van der Waals surface area contributed by atoms with Gasteiger partial charge >= 0.3 is 0 Å². The van der Waals surface area contributed by atoms with Gasteiger partial charge in [-0.25, -0.2) is 0 Å². The largest absolute Gasteiger partial charge is 0.314 e. The van der Waals surface area contributed by atoms with Crippen molar-refractivity contribution < 1.29 is 0 Å². The van der Waals surface area contributed by atoms with Crippen LogP contribution in [0.25, 0.3) is 0 Å². The van der Waals surface area contributed by atoms with E-state index in [2.05, 4.69) is 19.2 Å². The lowest BCUT2D eigenvalue weighted by molar-refractivity contribution is 0.446. The summed E-state index contributed by atoms with van der Waals surface area (Å²) in [6.45, 7) is 5.72. The molecule has 0 amide bonds. The lowest BCUT2D eigenvalue weighted by Crippen LogP contribution is -2.29. The van der Waals surface area contributed by atoms with E-state index < -0.39 is 0 Å². The first-order valence-electron chi connectivity index (χ1n) is 5.10. The SMILES string of the molecule is CCCNC(CC)CC1CC1. The Hall–Kier alpha value is -0.0400. The molecule has 1 aliphatic carbocycles. The second kappa shape index (κ2) is 4.76. The normalized spacial score (nSPS) is 20.2. The van der Waals surface area contributed by atoms with Crippen LogP contribution in [0.1, 0.15) is 46.0 Å². The molecule has 1 N–H and O–H groups in total. The molecule has 11 heavy (non-hydrogen) atoms.